The number of anilines is 1. The fourth-order valence-electron chi connectivity index (χ4n) is 2.06. The predicted molar refractivity (Wildman–Crippen MR) is 60.4 cm³/mol. The molecular weight excluding hydrogens is 172 g/mol. The standard InChI is InChI=1S/C12H18N2/c1-9-7-14(8-9)12-6-4-3-5-11(12)10(2)13/h3-6,9-10H,7-8,13H2,1-2H3. The lowest BCUT2D eigenvalue weighted by molar-refractivity contribution is 0.445. The highest BCUT2D eigenvalue weighted by atomic mass is 15.2. The van der Waals surface area contributed by atoms with Crippen LogP contribution in [0.3, 0.4) is 0 Å². The number of nitrogens with zero attached hydrogens (tertiary/aromatic N) is 1. The molecule has 2 nitrogen and oxygen atoms in total. The van der Waals surface area contributed by atoms with E-state index in [1.807, 2.05) is 6.92 Å². The van der Waals surface area contributed by atoms with Crippen molar-refractivity contribution in [2.24, 2.45) is 11.7 Å². The van der Waals surface area contributed by atoms with Gasteiger partial charge in [0.05, 0.1) is 0 Å². The van der Waals surface area contributed by atoms with Gasteiger partial charge < -0.3 is 10.6 Å². The van der Waals surface area contributed by atoms with Gasteiger partial charge >= 0.3 is 0 Å². The third-order valence-corrected chi connectivity index (χ3v) is 2.83. The molecule has 2 N–H and O–H groups in total. The fourth-order valence-corrected chi connectivity index (χ4v) is 2.06. The Hall–Kier alpha value is -1.02. The molecule has 1 aromatic carbocycles. The topological polar surface area (TPSA) is 29.3 Å². The zero-order valence-corrected chi connectivity index (χ0v) is 8.90. The van der Waals surface area contributed by atoms with Crippen LogP contribution in [0.5, 0.6) is 0 Å². The van der Waals surface area contributed by atoms with Crippen LogP contribution >= 0.6 is 0 Å². The second-order valence-electron chi connectivity index (χ2n) is 4.36. The normalized spacial score (nSPS) is 19.2. The second kappa shape index (κ2) is 3.62. The van der Waals surface area contributed by atoms with E-state index < -0.39 is 0 Å². The molecule has 76 valence electrons. The summed E-state index contributed by atoms with van der Waals surface area (Å²) in [7, 11) is 0. The summed E-state index contributed by atoms with van der Waals surface area (Å²) in [6.45, 7) is 6.67. The van der Waals surface area contributed by atoms with Crippen molar-refractivity contribution >= 4 is 5.69 Å². The Labute approximate surface area is 85.7 Å². The summed E-state index contributed by atoms with van der Waals surface area (Å²) < 4.78 is 0. The number of hydrogen-bond acceptors (Lipinski definition) is 2. The molecule has 0 bridgehead atoms. The lowest BCUT2D eigenvalue weighted by Gasteiger charge is -2.40. The molecule has 1 aliphatic rings. The lowest BCUT2D eigenvalue weighted by atomic mass is 9.98. The van der Waals surface area contributed by atoms with Crippen molar-refractivity contribution in [1.29, 1.82) is 0 Å². The summed E-state index contributed by atoms with van der Waals surface area (Å²) in [5.74, 6) is 0.830. The summed E-state index contributed by atoms with van der Waals surface area (Å²) in [5.41, 5.74) is 8.52. The molecule has 1 heterocycles. The molecule has 0 aliphatic carbocycles. The predicted octanol–water partition coefficient (Wildman–Crippen LogP) is 2.16. The summed E-state index contributed by atoms with van der Waals surface area (Å²) in [4.78, 5) is 2.41. The number of para-hydroxylation sites is 1. The highest BCUT2D eigenvalue weighted by molar-refractivity contribution is 5.56. The number of hydrogen-bond donors (Lipinski definition) is 1. The molecule has 0 radical (unpaired) electrons. The van der Waals surface area contributed by atoms with E-state index in [4.69, 9.17) is 5.73 Å². The first-order valence-corrected chi connectivity index (χ1v) is 5.28. The Kier molecular flexibility index (Phi) is 2.46. The molecule has 2 rings (SSSR count). The van der Waals surface area contributed by atoms with Crippen LogP contribution in [0.4, 0.5) is 5.69 Å². The molecule has 14 heavy (non-hydrogen) atoms. The van der Waals surface area contributed by atoms with Crippen molar-refractivity contribution in [3.05, 3.63) is 29.8 Å². The minimum atomic E-state index is 0.127. The van der Waals surface area contributed by atoms with Crippen LogP contribution in [0, 0.1) is 5.92 Å². The highest BCUT2D eigenvalue weighted by Gasteiger charge is 2.24. The van der Waals surface area contributed by atoms with Crippen molar-refractivity contribution in [1.82, 2.24) is 0 Å². The first-order valence-electron chi connectivity index (χ1n) is 5.28. The molecule has 0 saturated carbocycles. The van der Waals surface area contributed by atoms with Gasteiger partial charge in [0.15, 0.2) is 0 Å². The van der Waals surface area contributed by atoms with Crippen molar-refractivity contribution < 1.29 is 0 Å². The largest absolute Gasteiger partial charge is 0.371 e. The maximum Gasteiger partial charge on any atom is 0.0414 e. The minimum absolute atomic E-state index is 0.127. The van der Waals surface area contributed by atoms with Crippen molar-refractivity contribution in [3.63, 3.8) is 0 Å². The Morgan fingerprint density at radius 1 is 1.36 bits per heavy atom. The highest BCUT2D eigenvalue weighted by Crippen LogP contribution is 2.30. The van der Waals surface area contributed by atoms with E-state index in [0.29, 0.717) is 0 Å². The zero-order valence-electron chi connectivity index (χ0n) is 8.90. The van der Waals surface area contributed by atoms with E-state index >= 15 is 0 Å². The van der Waals surface area contributed by atoms with Crippen molar-refractivity contribution in [3.8, 4) is 0 Å². The first-order chi connectivity index (χ1) is 6.68. The molecule has 0 amide bonds. The Morgan fingerprint density at radius 2 is 2.00 bits per heavy atom. The Bertz CT molecular complexity index is 314. The van der Waals surface area contributed by atoms with E-state index in [2.05, 4.69) is 36.1 Å². The molecule has 0 aromatic heterocycles. The molecular formula is C12H18N2. The first kappa shape index (κ1) is 9.53. The molecule has 1 aliphatic heterocycles. The van der Waals surface area contributed by atoms with Gasteiger partial charge in [0.2, 0.25) is 0 Å². The molecule has 2 heteroatoms. The summed E-state index contributed by atoms with van der Waals surface area (Å²) in [6, 6.07) is 8.57. The van der Waals surface area contributed by atoms with E-state index in [1.165, 1.54) is 24.3 Å². The number of nitrogens with two attached hydrogens (primary N) is 1. The smallest absolute Gasteiger partial charge is 0.0414 e. The van der Waals surface area contributed by atoms with Gasteiger partial charge in [0.1, 0.15) is 0 Å². The van der Waals surface area contributed by atoms with Gasteiger partial charge in [-0.25, -0.2) is 0 Å². The van der Waals surface area contributed by atoms with Crippen LogP contribution in [0.2, 0.25) is 0 Å². The van der Waals surface area contributed by atoms with Crippen LogP contribution < -0.4 is 10.6 Å². The molecule has 1 fully saturated rings. The third-order valence-electron chi connectivity index (χ3n) is 2.83. The average Bonchev–Trinajstić information content (AvgIpc) is 2.13. The van der Waals surface area contributed by atoms with Crippen LogP contribution in [0.1, 0.15) is 25.5 Å². The van der Waals surface area contributed by atoms with Crippen LogP contribution in [-0.4, -0.2) is 13.1 Å². The molecule has 1 unspecified atom stereocenters. The van der Waals surface area contributed by atoms with Gasteiger partial charge in [0.25, 0.3) is 0 Å². The van der Waals surface area contributed by atoms with Gasteiger partial charge in [-0.05, 0) is 24.5 Å². The van der Waals surface area contributed by atoms with Crippen molar-refractivity contribution in [2.75, 3.05) is 18.0 Å². The molecule has 1 saturated heterocycles. The maximum absolute atomic E-state index is 5.94. The van der Waals surface area contributed by atoms with Gasteiger partial charge in [-0.3, -0.25) is 0 Å². The van der Waals surface area contributed by atoms with Crippen molar-refractivity contribution in [2.45, 2.75) is 19.9 Å². The number of benzene rings is 1. The quantitative estimate of drug-likeness (QED) is 0.774. The van der Waals surface area contributed by atoms with Crippen LogP contribution in [0.15, 0.2) is 24.3 Å². The minimum Gasteiger partial charge on any atom is -0.371 e. The lowest BCUT2D eigenvalue weighted by Crippen LogP contribution is -2.45. The van der Waals surface area contributed by atoms with Gasteiger partial charge in [-0.15, -0.1) is 0 Å². The molecule has 1 atom stereocenters. The van der Waals surface area contributed by atoms with E-state index in [9.17, 15) is 0 Å². The summed E-state index contributed by atoms with van der Waals surface area (Å²) in [5, 5.41) is 0. The monoisotopic (exact) mass is 190 g/mol. The van der Waals surface area contributed by atoms with Crippen LogP contribution in [0.25, 0.3) is 0 Å². The number of rotatable bonds is 2. The Morgan fingerprint density at radius 3 is 2.57 bits per heavy atom. The van der Waals surface area contributed by atoms with Gasteiger partial charge in [-0.2, -0.15) is 0 Å². The van der Waals surface area contributed by atoms with Gasteiger partial charge in [-0.1, -0.05) is 25.1 Å². The summed E-state index contributed by atoms with van der Waals surface area (Å²) in [6.07, 6.45) is 0. The third kappa shape index (κ3) is 1.62. The molecule has 1 aromatic rings. The second-order valence-corrected chi connectivity index (χ2v) is 4.36. The summed E-state index contributed by atoms with van der Waals surface area (Å²) >= 11 is 0. The zero-order chi connectivity index (χ0) is 10.1. The van der Waals surface area contributed by atoms with E-state index in [0.717, 1.165) is 5.92 Å². The van der Waals surface area contributed by atoms with Crippen LogP contribution in [-0.2, 0) is 0 Å². The van der Waals surface area contributed by atoms with Gasteiger partial charge in [0, 0.05) is 24.8 Å². The average molecular weight is 190 g/mol. The SMILES string of the molecule is CC1CN(c2ccccc2C(C)N)C1. The van der Waals surface area contributed by atoms with E-state index in [-0.39, 0.29) is 6.04 Å². The Balaban J connectivity index is 2.24. The fraction of sp³-hybridized carbons (Fsp3) is 0.500. The van der Waals surface area contributed by atoms with E-state index in [1.54, 1.807) is 0 Å². The molecule has 0 spiro atoms. The maximum atomic E-state index is 5.94.